The predicted octanol–water partition coefficient (Wildman–Crippen LogP) is 5.63. The predicted molar refractivity (Wildman–Crippen MR) is 212 cm³/mol. The molecule has 11 rings (SSSR count). The van der Waals surface area contributed by atoms with Gasteiger partial charge in [-0.2, -0.15) is 0 Å². The van der Waals surface area contributed by atoms with Crippen molar-refractivity contribution in [2.24, 2.45) is 0 Å². The molecule has 2 saturated heterocycles. The fourth-order valence-electron chi connectivity index (χ4n) is 9.47. The molecule has 1 aromatic carbocycles. The highest BCUT2D eigenvalue weighted by atomic mass is 35.5. The number of amides is 3. The van der Waals surface area contributed by atoms with E-state index in [4.69, 9.17) is 16.3 Å². The molecule has 0 atom stereocenters. The number of hydrogen-bond acceptors (Lipinski definition) is 7. The van der Waals surface area contributed by atoms with Crippen LogP contribution in [0.25, 0.3) is 33.8 Å². The molecule has 5 aromatic rings. The molecule has 0 bridgehead atoms. The summed E-state index contributed by atoms with van der Waals surface area (Å²) in [6.07, 6.45) is 6.57. The molecule has 0 radical (unpaired) electrons. The van der Waals surface area contributed by atoms with E-state index >= 15 is 0 Å². The zero-order valence-electron chi connectivity index (χ0n) is 31.9. The fourth-order valence-corrected chi connectivity index (χ4v) is 9.62. The smallest absolute Gasteiger partial charge is 0.410 e. The van der Waals surface area contributed by atoms with E-state index < -0.39 is 5.60 Å². The van der Waals surface area contributed by atoms with Crippen molar-refractivity contribution in [3.63, 3.8) is 0 Å². The number of benzene rings is 1. The second-order valence-corrected chi connectivity index (χ2v) is 17.6. The van der Waals surface area contributed by atoms with E-state index in [9.17, 15) is 18.8 Å². The van der Waals surface area contributed by atoms with Gasteiger partial charge in [-0.15, -0.1) is 0 Å². The number of H-pyrrole nitrogens is 2. The maximum absolute atomic E-state index is 14.3. The number of hydrogen-bond donors (Lipinski definition) is 5. The van der Waals surface area contributed by atoms with Crippen LogP contribution in [0.2, 0.25) is 5.15 Å². The van der Waals surface area contributed by atoms with E-state index in [-0.39, 0.29) is 34.6 Å². The average Bonchev–Trinajstić information content (AvgIpc) is 3.75. The Balaban J connectivity index is 0.000000139. The molecule has 292 valence electrons. The van der Waals surface area contributed by atoms with Crippen molar-refractivity contribution in [2.45, 2.75) is 62.9 Å². The van der Waals surface area contributed by atoms with Crippen LogP contribution in [0.4, 0.5) is 9.18 Å². The number of halogens is 2. The number of ether oxygens (including phenoxy) is 1. The van der Waals surface area contributed by atoms with Gasteiger partial charge in [-0.3, -0.25) is 14.6 Å². The third-order valence-electron chi connectivity index (χ3n) is 12.4. The highest BCUT2D eigenvalue weighted by Gasteiger charge is 2.54. The van der Waals surface area contributed by atoms with Crippen LogP contribution < -0.4 is 16.0 Å². The Kier molecular flexibility index (Phi) is 8.01. The Labute approximate surface area is 333 Å². The van der Waals surface area contributed by atoms with Gasteiger partial charge in [-0.25, -0.2) is 14.2 Å². The number of aryl methyl sites for hydroxylation is 2. The first-order valence-corrected chi connectivity index (χ1v) is 19.9. The van der Waals surface area contributed by atoms with Crippen LogP contribution >= 0.6 is 11.6 Å². The minimum Gasteiger partial charge on any atom is -0.444 e. The number of carbonyl (C=O) groups is 3. The summed E-state index contributed by atoms with van der Waals surface area (Å²) >= 11 is 6.14. The molecule has 2 spiro atoms. The van der Waals surface area contributed by atoms with E-state index in [1.165, 1.54) is 6.07 Å². The zero-order valence-corrected chi connectivity index (χ0v) is 32.7. The molecule has 4 aliphatic heterocycles. The van der Waals surface area contributed by atoms with Crippen molar-refractivity contribution in [1.29, 1.82) is 0 Å². The largest absolute Gasteiger partial charge is 0.444 e. The number of fused-ring (bicyclic) bond motifs is 12. The minimum atomic E-state index is -0.533. The molecular weight excluding hydrogens is 747 g/mol. The van der Waals surface area contributed by atoms with Gasteiger partial charge in [-0.05, 0) is 93.0 Å². The molecule has 2 fully saturated rings. The van der Waals surface area contributed by atoms with Gasteiger partial charge in [0.25, 0.3) is 11.8 Å². The Morgan fingerprint density at radius 2 is 1.37 bits per heavy atom. The summed E-state index contributed by atoms with van der Waals surface area (Å²) in [7, 11) is 0. The molecular formula is C43H42ClFN8O4. The van der Waals surface area contributed by atoms with Crippen LogP contribution in [-0.4, -0.2) is 87.6 Å². The highest BCUT2D eigenvalue weighted by molar-refractivity contribution is 6.29. The van der Waals surface area contributed by atoms with Gasteiger partial charge >= 0.3 is 6.09 Å². The van der Waals surface area contributed by atoms with Crippen LogP contribution in [0.5, 0.6) is 0 Å². The summed E-state index contributed by atoms with van der Waals surface area (Å²) in [5.74, 6) is -0.324. The standard InChI is InChI=1S/C22H19FN4O.C21H23ClN4O3/c23-16-4-2-1-3-13(16)17-7-15-12(8-25-17)5-6-14-18-20(27-19(14)15)22(9-24-10-22)11-26-21(18)28;1-20(2,3)29-19(28)26-9-21(10-26)8-24-18(27)15-12-5-4-11-7-23-14(22)6-13(11)16(12)25-17(15)21/h1-4,7-8,24,27H,5-6,9-11H2,(H,26,28);6-7,25H,4-5,8-10H2,1-3H3,(H,24,27). The van der Waals surface area contributed by atoms with Crippen molar-refractivity contribution < 1.29 is 23.5 Å². The number of nitrogens with zero attached hydrogens (tertiary/aromatic N) is 3. The van der Waals surface area contributed by atoms with Crippen molar-refractivity contribution >= 4 is 29.5 Å². The molecule has 57 heavy (non-hydrogen) atoms. The van der Waals surface area contributed by atoms with Crippen molar-refractivity contribution in [3.05, 3.63) is 105 Å². The molecule has 12 nitrogen and oxygen atoms in total. The van der Waals surface area contributed by atoms with Gasteiger partial charge in [-0.1, -0.05) is 23.7 Å². The molecule has 14 heteroatoms. The third kappa shape index (κ3) is 5.68. The highest BCUT2D eigenvalue weighted by Crippen LogP contribution is 2.46. The first-order chi connectivity index (χ1) is 27.3. The van der Waals surface area contributed by atoms with Gasteiger partial charge in [0.05, 0.1) is 39.0 Å². The lowest BCUT2D eigenvalue weighted by molar-refractivity contribution is -0.0113. The van der Waals surface area contributed by atoms with Gasteiger partial charge in [0, 0.05) is 79.7 Å². The number of pyridine rings is 2. The summed E-state index contributed by atoms with van der Waals surface area (Å²) < 4.78 is 19.8. The molecule has 0 saturated carbocycles. The van der Waals surface area contributed by atoms with Crippen molar-refractivity contribution in [1.82, 2.24) is 40.8 Å². The number of nitrogens with one attached hydrogen (secondary N) is 5. The zero-order chi connectivity index (χ0) is 39.4. The summed E-state index contributed by atoms with van der Waals surface area (Å²) in [4.78, 5) is 55.4. The second kappa shape index (κ2) is 12.7. The average molecular weight is 789 g/mol. The van der Waals surface area contributed by atoms with E-state index in [0.717, 1.165) is 106 Å². The fraction of sp³-hybridized carbons (Fsp3) is 0.372. The molecule has 0 unspecified atom stereocenters. The number of aromatic nitrogens is 4. The maximum Gasteiger partial charge on any atom is 0.410 e. The van der Waals surface area contributed by atoms with E-state index in [0.29, 0.717) is 42.6 Å². The molecule has 5 N–H and O–H groups in total. The van der Waals surface area contributed by atoms with E-state index in [2.05, 4.69) is 35.9 Å². The van der Waals surface area contributed by atoms with Crippen LogP contribution in [0, 0.1) is 5.82 Å². The van der Waals surface area contributed by atoms with E-state index in [1.807, 2.05) is 51.4 Å². The lowest BCUT2D eigenvalue weighted by Gasteiger charge is -2.51. The normalized spacial score (nSPS) is 18.9. The van der Waals surface area contributed by atoms with Crippen LogP contribution in [0.1, 0.15) is 75.1 Å². The topological polar surface area (TPSA) is 157 Å². The maximum atomic E-state index is 14.3. The molecule has 8 heterocycles. The first kappa shape index (κ1) is 35.9. The Morgan fingerprint density at radius 3 is 1.96 bits per heavy atom. The lowest BCUT2D eigenvalue weighted by atomic mass is 9.72. The second-order valence-electron chi connectivity index (χ2n) is 17.2. The molecule has 4 aromatic heterocycles. The monoisotopic (exact) mass is 788 g/mol. The summed E-state index contributed by atoms with van der Waals surface area (Å²) in [6.45, 7) is 9.49. The number of carbonyl (C=O) groups excluding carboxylic acids is 3. The van der Waals surface area contributed by atoms with Crippen LogP contribution in [-0.2, 0) is 41.3 Å². The Morgan fingerprint density at radius 1 is 0.789 bits per heavy atom. The van der Waals surface area contributed by atoms with Crippen LogP contribution in [0.3, 0.4) is 0 Å². The number of aromatic amines is 2. The van der Waals surface area contributed by atoms with Crippen molar-refractivity contribution in [2.75, 3.05) is 39.3 Å². The summed E-state index contributed by atoms with van der Waals surface area (Å²) in [6, 6.07) is 10.5. The Bertz CT molecular complexity index is 2540. The molecule has 2 aliphatic carbocycles. The molecule has 3 amide bonds. The van der Waals surface area contributed by atoms with E-state index in [1.54, 1.807) is 17.0 Å². The van der Waals surface area contributed by atoms with Gasteiger partial charge in [0.15, 0.2) is 0 Å². The van der Waals surface area contributed by atoms with Gasteiger partial charge in [0.2, 0.25) is 0 Å². The van der Waals surface area contributed by atoms with Gasteiger partial charge < -0.3 is 35.6 Å². The first-order valence-electron chi connectivity index (χ1n) is 19.5. The summed E-state index contributed by atoms with van der Waals surface area (Å²) in [5, 5.41) is 9.88. The molecule has 6 aliphatic rings. The minimum absolute atomic E-state index is 0.0110. The Hall–Kier alpha value is -5.53. The summed E-state index contributed by atoms with van der Waals surface area (Å²) in [5.41, 5.74) is 12.1. The third-order valence-corrected chi connectivity index (χ3v) is 12.6. The SMILES string of the molecule is CC(C)(C)OC(=O)N1CC2(CNC(=O)c3c2[nH]c2c3CCc3cnc(Cl)cc3-2)C1.O=C1NCC2(CNC2)c2[nH]c3c(c21)CCc1cnc(-c2ccccc2F)cc1-3. The van der Waals surface area contributed by atoms with Crippen LogP contribution in [0.15, 0.2) is 48.8 Å². The van der Waals surface area contributed by atoms with Crippen molar-refractivity contribution in [3.8, 4) is 33.8 Å². The lowest BCUT2D eigenvalue weighted by Crippen LogP contribution is -2.67. The van der Waals surface area contributed by atoms with Gasteiger partial charge in [0.1, 0.15) is 16.6 Å². The number of likely N-dealkylation sites (tertiary alicyclic amines) is 1. The number of rotatable bonds is 1. The quantitative estimate of drug-likeness (QED) is 0.138.